The Labute approximate surface area is 229 Å². The zero-order chi connectivity index (χ0) is 29.7. The van der Waals surface area contributed by atoms with Crippen LogP contribution < -0.4 is 15.8 Å². The number of pyridine rings is 1. The largest absolute Gasteiger partial charge is 0.481 e. The van der Waals surface area contributed by atoms with E-state index in [1.165, 1.54) is 12.0 Å². The number of nitrogens with one attached hydrogen (secondary N) is 1. The summed E-state index contributed by atoms with van der Waals surface area (Å²) in [6.07, 6.45) is -5.03. The predicted molar refractivity (Wildman–Crippen MR) is 144 cm³/mol. The first-order valence-corrected chi connectivity index (χ1v) is 12.2. The van der Waals surface area contributed by atoms with E-state index in [4.69, 9.17) is 15.2 Å². The number of methoxy groups -OCH3 is 1. The molecule has 9 nitrogen and oxygen atoms in total. The molecule has 3 rings (SSSR count). The van der Waals surface area contributed by atoms with Crippen LogP contribution in [0.5, 0.6) is 5.88 Å². The summed E-state index contributed by atoms with van der Waals surface area (Å²) in [6, 6.07) is 12.5. The molecule has 0 spiro atoms. The molecule has 214 valence electrons. The van der Waals surface area contributed by atoms with Gasteiger partial charge in [-0.2, -0.15) is 13.2 Å². The predicted octanol–water partition coefficient (Wildman–Crippen LogP) is 6.11. The van der Waals surface area contributed by atoms with Crippen molar-refractivity contribution in [1.82, 2.24) is 9.88 Å². The minimum Gasteiger partial charge on any atom is -0.481 e. The molecule has 2 aromatic carbocycles. The van der Waals surface area contributed by atoms with Crippen LogP contribution in [0.3, 0.4) is 0 Å². The average Bonchev–Trinajstić information content (AvgIpc) is 2.86. The zero-order valence-electron chi connectivity index (χ0n) is 22.5. The number of carboxylic acid groups (broad SMARTS) is 1. The quantitative estimate of drug-likeness (QED) is 0.286. The third-order valence-corrected chi connectivity index (χ3v) is 5.69. The molecule has 0 atom stereocenters. The number of aromatic nitrogens is 1. The van der Waals surface area contributed by atoms with Gasteiger partial charge in [-0.3, -0.25) is 0 Å². The Morgan fingerprint density at radius 2 is 1.75 bits per heavy atom. The van der Waals surface area contributed by atoms with E-state index >= 15 is 0 Å². The van der Waals surface area contributed by atoms with E-state index in [9.17, 15) is 27.9 Å². The highest BCUT2D eigenvalue weighted by atomic mass is 19.4. The first kappa shape index (κ1) is 30.1. The Bertz CT molecular complexity index is 1370. The van der Waals surface area contributed by atoms with Crippen LogP contribution in [0.15, 0.2) is 54.6 Å². The number of nitrogen functional groups attached to an aromatic ring is 1. The number of anilines is 3. The van der Waals surface area contributed by atoms with Crippen molar-refractivity contribution in [3.05, 3.63) is 77.0 Å². The number of amides is 1. The lowest BCUT2D eigenvalue weighted by Gasteiger charge is -2.28. The number of ether oxygens (including phenoxy) is 2. The van der Waals surface area contributed by atoms with E-state index in [2.05, 4.69) is 10.3 Å². The third-order valence-electron chi connectivity index (χ3n) is 5.69. The lowest BCUT2D eigenvalue weighted by Crippen LogP contribution is -2.38. The number of alkyl halides is 3. The summed E-state index contributed by atoms with van der Waals surface area (Å²) in [5.74, 6) is -1.15. The molecule has 1 aromatic heterocycles. The number of nitrogens with two attached hydrogens (primary N) is 1. The monoisotopic (exact) mass is 560 g/mol. The molecule has 40 heavy (non-hydrogen) atoms. The fraction of sp³-hybridized carbons (Fsp3) is 0.321. The molecule has 0 aliphatic rings. The number of carbonyl (C=O) groups is 2. The normalized spacial score (nSPS) is 11.6. The van der Waals surface area contributed by atoms with Crippen LogP contribution >= 0.6 is 0 Å². The molecular weight excluding hydrogens is 529 g/mol. The second kappa shape index (κ2) is 12.1. The number of carboxylic acids is 1. The minimum atomic E-state index is -4.70. The van der Waals surface area contributed by atoms with Crippen molar-refractivity contribution in [2.45, 2.75) is 45.5 Å². The minimum absolute atomic E-state index is 0.0327. The van der Waals surface area contributed by atoms with E-state index in [0.29, 0.717) is 34.6 Å². The molecule has 0 radical (unpaired) electrons. The first-order chi connectivity index (χ1) is 18.7. The summed E-state index contributed by atoms with van der Waals surface area (Å²) >= 11 is 0. The number of carbonyl (C=O) groups excluding carboxylic acids is 1. The molecule has 1 amide bonds. The van der Waals surface area contributed by atoms with Crippen molar-refractivity contribution in [2.75, 3.05) is 24.7 Å². The third kappa shape index (κ3) is 8.01. The van der Waals surface area contributed by atoms with Crippen LogP contribution in [-0.2, 0) is 23.9 Å². The van der Waals surface area contributed by atoms with Crippen molar-refractivity contribution in [2.24, 2.45) is 0 Å². The van der Waals surface area contributed by atoms with Gasteiger partial charge >= 0.3 is 18.2 Å². The summed E-state index contributed by atoms with van der Waals surface area (Å²) in [5.41, 5.74) is 5.54. The molecule has 0 saturated heterocycles. The summed E-state index contributed by atoms with van der Waals surface area (Å²) < 4.78 is 50.3. The lowest BCUT2D eigenvalue weighted by atomic mass is 10.1. The molecule has 0 fully saturated rings. The van der Waals surface area contributed by atoms with Gasteiger partial charge in [0.25, 0.3) is 0 Å². The van der Waals surface area contributed by atoms with Gasteiger partial charge in [0.1, 0.15) is 5.60 Å². The Morgan fingerprint density at radius 1 is 1.05 bits per heavy atom. The van der Waals surface area contributed by atoms with Crippen LogP contribution in [0.4, 0.5) is 35.0 Å². The molecule has 1 heterocycles. The van der Waals surface area contributed by atoms with Crippen molar-refractivity contribution in [3.63, 3.8) is 0 Å². The Morgan fingerprint density at radius 3 is 2.38 bits per heavy atom. The number of hydrogen-bond donors (Lipinski definition) is 3. The van der Waals surface area contributed by atoms with Gasteiger partial charge in [-0.05, 0) is 56.7 Å². The van der Waals surface area contributed by atoms with E-state index in [0.717, 1.165) is 12.1 Å². The number of para-hydroxylation sites is 1. The first-order valence-electron chi connectivity index (χ1n) is 12.2. The van der Waals surface area contributed by atoms with E-state index in [1.807, 2.05) is 0 Å². The maximum atomic E-state index is 13.2. The van der Waals surface area contributed by atoms with Gasteiger partial charge < -0.3 is 30.5 Å². The van der Waals surface area contributed by atoms with E-state index < -0.39 is 35.0 Å². The highest BCUT2D eigenvalue weighted by Gasteiger charge is 2.32. The number of nitrogens with zero attached hydrogens (tertiary/aromatic N) is 2. The van der Waals surface area contributed by atoms with E-state index in [-0.39, 0.29) is 25.2 Å². The number of rotatable bonds is 9. The smallest absolute Gasteiger partial charge is 0.416 e. The molecule has 0 aliphatic heterocycles. The summed E-state index contributed by atoms with van der Waals surface area (Å²) in [5, 5.41) is 12.5. The molecule has 3 aromatic rings. The zero-order valence-corrected chi connectivity index (χ0v) is 22.5. The lowest BCUT2D eigenvalue weighted by molar-refractivity contribution is -0.137. The van der Waals surface area contributed by atoms with Gasteiger partial charge in [0.15, 0.2) is 0 Å². The van der Waals surface area contributed by atoms with Crippen LogP contribution in [0, 0.1) is 0 Å². The molecule has 4 N–H and O–H groups in total. The maximum absolute atomic E-state index is 13.2. The molecular formula is C28H31F3N4O5. The number of benzene rings is 2. The molecule has 0 unspecified atom stereocenters. The fourth-order valence-electron chi connectivity index (χ4n) is 3.75. The second-order valence-corrected chi connectivity index (χ2v) is 9.89. The summed E-state index contributed by atoms with van der Waals surface area (Å²) in [6.45, 7) is 5.40. The standard InChI is InChI=1S/C28H31F3N4O5/c1-27(2,3)40-26(38)35(14-13-23-20(32)10-12-24(34-23)39-4)16-17-7-5-6-8-21(17)33-22-11-9-18(28(29,30)31)15-19(22)25(36)37/h5-12,15,33H,13-14,16,32H2,1-4H3,(H,36,37). The van der Waals surface area contributed by atoms with Crippen molar-refractivity contribution in [1.29, 1.82) is 0 Å². The maximum Gasteiger partial charge on any atom is 0.416 e. The van der Waals surface area contributed by atoms with Crippen molar-refractivity contribution < 1.29 is 37.3 Å². The van der Waals surface area contributed by atoms with Crippen LogP contribution in [0.1, 0.15) is 48.0 Å². The van der Waals surface area contributed by atoms with Crippen molar-refractivity contribution >= 4 is 29.1 Å². The van der Waals surface area contributed by atoms with Gasteiger partial charge in [0, 0.05) is 24.7 Å². The van der Waals surface area contributed by atoms with Gasteiger partial charge in [-0.1, -0.05) is 18.2 Å². The van der Waals surface area contributed by atoms with Gasteiger partial charge in [0.05, 0.1) is 41.9 Å². The van der Waals surface area contributed by atoms with Gasteiger partial charge in [0.2, 0.25) is 5.88 Å². The summed E-state index contributed by atoms with van der Waals surface area (Å²) in [4.78, 5) is 30.7. The second-order valence-electron chi connectivity index (χ2n) is 9.89. The van der Waals surface area contributed by atoms with E-state index in [1.54, 1.807) is 57.2 Å². The molecule has 0 bridgehead atoms. The van der Waals surface area contributed by atoms with Crippen molar-refractivity contribution in [3.8, 4) is 5.88 Å². The average molecular weight is 561 g/mol. The Hall–Kier alpha value is -4.48. The summed E-state index contributed by atoms with van der Waals surface area (Å²) in [7, 11) is 1.48. The fourth-order valence-corrected chi connectivity index (χ4v) is 3.75. The highest BCUT2D eigenvalue weighted by Crippen LogP contribution is 2.33. The number of hydrogen-bond acceptors (Lipinski definition) is 7. The van der Waals surface area contributed by atoms with Gasteiger partial charge in [-0.15, -0.1) is 0 Å². The van der Waals surface area contributed by atoms with Crippen LogP contribution in [0.25, 0.3) is 0 Å². The van der Waals surface area contributed by atoms with Crippen LogP contribution in [0.2, 0.25) is 0 Å². The molecule has 0 aliphatic carbocycles. The number of aromatic carboxylic acids is 1. The number of halogens is 3. The SMILES string of the molecule is COc1ccc(N)c(CCN(Cc2ccccc2Nc2ccc(C(F)(F)F)cc2C(=O)O)C(=O)OC(C)(C)C)n1. The topological polar surface area (TPSA) is 127 Å². The Kier molecular flexibility index (Phi) is 9.13. The Balaban J connectivity index is 1.92. The molecule has 12 heteroatoms. The highest BCUT2D eigenvalue weighted by molar-refractivity contribution is 5.95. The molecule has 0 saturated carbocycles. The van der Waals surface area contributed by atoms with Crippen LogP contribution in [-0.4, -0.2) is 46.3 Å². The van der Waals surface area contributed by atoms with Gasteiger partial charge in [-0.25, -0.2) is 14.6 Å².